The van der Waals surface area contributed by atoms with Crippen molar-refractivity contribution in [2.75, 3.05) is 18.5 Å². The number of carbonyl (C=O) groups excluding carboxylic acids is 1. The third kappa shape index (κ3) is 5.29. The summed E-state index contributed by atoms with van der Waals surface area (Å²) >= 11 is 0. The van der Waals surface area contributed by atoms with Crippen LogP contribution in [0.2, 0.25) is 0 Å². The quantitative estimate of drug-likeness (QED) is 0.773. The largest absolute Gasteiger partial charge is 0.494 e. The van der Waals surface area contributed by atoms with Crippen molar-refractivity contribution in [2.24, 2.45) is 0 Å². The maximum atomic E-state index is 13.0. The van der Waals surface area contributed by atoms with E-state index in [9.17, 15) is 9.18 Å². The number of halogens is 1. The summed E-state index contributed by atoms with van der Waals surface area (Å²) in [4.78, 5) is 13.6. The summed E-state index contributed by atoms with van der Waals surface area (Å²) in [5.41, 5.74) is 1.82. The first-order chi connectivity index (χ1) is 12.1. The van der Waals surface area contributed by atoms with E-state index in [1.54, 1.807) is 12.1 Å². The Kier molecular flexibility index (Phi) is 5.66. The van der Waals surface area contributed by atoms with E-state index < -0.39 is 0 Å². The maximum absolute atomic E-state index is 13.0. The predicted molar refractivity (Wildman–Crippen MR) is 95.2 cm³/mol. The van der Waals surface area contributed by atoms with Crippen LogP contribution in [-0.2, 0) is 11.3 Å². The minimum Gasteiger partial charge on any atom is -0.494 e. The minimum atomic E-state index is -0.232. The highest BCUT2D eigenvalue weighted by Crippen LogP contribution is 2.17. The first kappa shape index (κ1) is 17.4. The van der Waals surface area contributed by atoms with Gasteiger partial charge in [0.1, 0.15) is 18.1 Å². The fraction of sp³-hybridized carbons (Fsp3) is 0.350. The monoisotopic (exact) mass is 343 g/mol. The van der Waals surface area contributed by atoms with Gasteiger partial charge >= 0.3 is 0 Å². The van der Waals surface area contributed by atoms with E-state index in [0.29, 0.717) is 19.2 Å². The van der Waals surface area contributed by atoms with Gasteiger partial charge in [0.05, 0.1) is 12.6 Å². The number of hydrogen-bond donors (Lipinski definition) is 2. The molecule has 0 aliphatic heterocycles. The van der Waals surface area contributed by atoms with Crippen LogP contribution in [0.25, 0.3) is 0 Å². The molecule has 1 amide bonds. The minimum absolute atomic E-state index is 0.00632. The molecule has 0 heterocycles. The molecule has 2 aromatic carbocycles. The molecule has 1 fully saturated rings. The van der Waals surface area contributed by atoms with Crippen LogP contribution < -0.4 is 15.0 Å². The molecule has 132 valence electrons. The molecule has 1 unspecified atom stereocenters. The second kappa shape index (κ2) is 8.12. The Bertz CT molecular complexity index is 697. The standard InChI is InChI=1S/C20H23FN2O2/c1-2-25-19-11-7-17(8-12-19)22-20(24)14-23(18-9-10-18)13-15-3-5-16(21)6-4-15/h3-8,11-12,18H,2,9-10,13-14H2,1H3,(H,22,24)/p+1. The second-order valence-electron chi connectivity index (χ2n) is 6.42. The van der Waals surface area contributed by atoms with Crippen LogP contribution in [0.1, 0.15) is 25.3 Å². The Balaban J connectivity index is 1.56. The molecule has 25 heavy (non-hydrogen) atoms. The molecule has 0 bridgehead atoms. The molecule has 2 aromatic rings. The van der Waals surface area contributed by atoms with Gasteiger partial charge in [0, 0.05) is 24.1 Å². The lowest BCUT2D eigenvalue weighted by Gasteiger charge is -2.19. The molecule has 1 saturated carbocycles. The fourth-order valence-electron chi connectivity index (χ4n) is 2.92. The Morgan fingerprint density at radius 2 is 1.84 bits per heavy atom. The lowest BCUT2D eigenvalue weighted by molar-refractivity contribution is -0.916. The number of ether oxygens (including phenoxy) is 1. The topological polar surface area (TPSA) is 42.8 Å². The molecule has 2 N–H and O–H groups in total. The third-order valence-corrected chi connectivity index (χ3v) is 4.34. The van der Waals surface area contributed by atoms with Crippen molar-refractivity contribution in [3.8, 4) is 5.75 Å². The number of hydrogen-bond acceptors (Lipinski definition) is 2. The summed E-state index contributed by atoms with van der Waals surface area (Å²) in [6.07, 6.45) is 2.29. The van der Waals surface area contributed by atoms with Gasteiger partial charge in [0.2, 0.25) is 0 Å². The average molecular weight is 343 g/mol. The van der Waals surface area contributed by atoms with Crippen molar-refractivity contribution >= 4 is 11.6 Å². The van der Waals surface area contributed by atoms with Gasteiger partial charge < -0.3 is 15.0 Å². The van der Waals surface area contributed by atoms with Gasteiger partial charge in [0.15, 0.2) is 6.54 Å². The summed E-state index contributed by atoms with van der Waals surface area (Å²) in [6, 6.07) is 14.5. The van der Waals surface area contributed by atoms with Gasteiger partial charge in [-0.1, -0.05) is 12.1 Å². The Hall–Kier alpha value is -2.40. The number of rotatable bonds is 8. The van der Waals surface area contributed by atoms with Gasteiger partial charge in [0.25, 0.3) is 5.91 Å². The van der Waals surface area contributed by atoms with E-state index in [4.69, 9.17) is 4.74 Å². The zero-order chi connectivity index (χ0) is 17.6. The number of carbonyl (C=O) groups is 1. The zero-order valence-electron chi connectivity index (χ0n) is 14.4. The molecule has 0 spiro atoms. The van der Waals surface area contributed by atoms with Crippen LogP contribution in [0.3, 0.4) is 0 Å². The summed E-state index contributed by atoms with van der Waals surface area (Å²) in [6.45, 7) is 3.71. The predicted octanol–water partition coefficient (Wildman–Crippen LogP) is 2.41. The molecule has 1 aliphatic carbocycles. The molecular weight excluding hydrogens is 319 g/mol. The third-order valence-electron chi connectivity index (χ3n) is 4.34. The van der Waals surface area contributed by atoms with E-state index in [-0.39, 0.29) is 11.7 Å². The normalized spacial score (nSPS) is 14.8. The second-order valence-corrected chi connectivity index (χ2v) is 6.42. The van der Waals surface area contributed by atoms with Crippen LogP contribution in [0.15, 0.2) is 48.5 Å². The van der Waals surface area contributed by atoms with Crippen molar-refractivity contribution in [3.63, 3.8) is 0 Å². The van der Waals surface area contributed by atoms with Gasteiger partial charge in [-0.2, -0.15) is 0 Å². The highest BCUT2D eigenvalue weighted by atomic mass is 19.1. The average Bonchev–Trinajstić information content (AvgIpc) is 3.43. The summed E-state index contributed by atoms with van der Waals surface area (Å²) in [5.74, 6) is 0.556. The van der Waals surface area contributed by atoms with Crippen LogP contribution in [0.5, 0.6) is 5.75 Å². The first-order valence-corrected chi connectivity index (χ1v) is 8.76. The molecule has 1 aliphatic rings. The molecular formula is C20H24FN2O2+. The van der Waals surface area contributed by atoms with Gasteiger partial charge in [-0.3, -0.25) is 4.79 Å². The number of anilines is 1. The lowest BCUT2D eigenvalue weighted by Crippen LogP contribution is -3.13. The van der Waals surface area contributed by atoms with E-state index in [1.807, 2.05) is 31.2 Å². The molecule has 0 radical (unpaired) electrons. The van der Waals surface area contributed by atoms with E-state index in [0.717, 1.165) is 36.4 Å². The first-order valence-electron chi connectivity index (χ1n) is 8.76. The maximum Gasteiger partial charge on any atom is 0.279 e. The molecule has 5 heteroatoms. The SMILES string of the molecule is CCOc1ccc(NC(=O)C[NH+](Cc2ccc(F)cc2)C2CC2)cc1. The molecule has 1 atom stereocenters. The van der Waals surface area contributed by atoms with Gasteiger partial charge in [-0.05, 0) is 43.3 Å². The fourth-order valence-corrected chi connectivity index (χ4v) is 2.92. The number of nitrogens with one attached hydrogen (secondary N) is 2. The van der Waals surface area contributed by atoms with Crippen molar-refractivity contribution in [2.45, 2.75) is 32.4 Å². The Labute approximate surface area is 147 Å². The molecule has 4 nitrogen and oxygen atoms in total. The smallest absolute Gasteiger partial charge is 0.279 e. The van der Waals surface area contributed by atoms with Gasteiger partial charge in [-0.25, -0.2) is 4.39 Å². The lowest BCUT2D eigenvalue weighted by atomic mass is 10.2. The summed E-state index contributed by atoms with van der Waals surface area (Å²) in [5, 5.41) is 2.94. The number of benzene rings is 2. The summed E-state index contributed by atoms with van der Waals surface area (Å²) in [7, 11) is 0. The van der Waals surface area contributed by atoms with E-state index in [1.165, 1.54) is 17.0 Å². The Morgan fingerprint density at radius 3 is 2.44 bits per heavy atom. The highest BCUT2D eigenvalue weighted by molar-refractivity contribution is 5.91. The summed E-state index contributed by atoms with van der Waals surface area (Å²) < 4.78 is 18.4. The van der Waals surface area contributed by atoms with E-state index >= 15 is 0 Å². The number of quaternary nitrogens is 1. The Morgan fingerprint density at radius 1 is 1.16 bits per heavy atom. The van der Waals surface area contributed by atoms with Crippen molar-refractivity contribution in [1.29, 1.82) is 0 Å². The zero-order valence-corrected chi connectivity index (χ0v) is 14.4. The molecule has 3 rings (SSSR count). The van der Waals surface area contributed by atoms with Gasteiger partial charge in [-0.15, -0.1) is 0 Å². The molecule has 0 aromatic heterocycles. The van der Waals surface area contributed by atoms with Crippen LogP contribution in [-0.4, -0.2) is 25.1 Å². The van der Waals surface area contributed by atoms with Crippen LogP contribution in [0, 0.1) is 5.82 Å². The van der Waals surface area contributed by atoms with Crippen molar-refractivity contribution in [1.82, 2.24) is 0 Å². The molecule has 0 saturated heterocycles. The van der Waals surface area contributed by atoms with E-state index in [2.05, 4.69) is 5.32 Å². The van der Waals surface area contributed by atoms with Crippen LogP contribution >= 0.6 is 0 Å². The van der Waals surface area contributed by atoms with Crippen LogP contribution in [0.4, 0.5) is 10.1 Å². The van der Waals surface area contributed by atoms with Crippen molar-refractivity contribution < 1.29 is 18.8 Å². The highest BCUT2D eigenvalue weighted by Gasteiger charge is 2.34. The number of amides is 1. The van der Waals surface area contributed by atoms with Crippen molar-refractivity contribution in [3.05, 3.63) is 59.9 Å².